The third-order valence-corrected chi connectivity index (χ3v) is 1.99. The Hall–Kier alpha value is -0.300. The van der Waals surface area contributed by atoms with Crippen LogP contribution in [0.15, 0.2) is 12.7 Å². The maximum absolute atomic E-state index is 3.67. The van der Waals surface area contributed by atoms with Crippen LogP contribution in [0.3, 0.4) is 0 Å². The predicted octanol–water partition coefficient (Wildman–Crippen LogP) is 1.91. The van der Waals surface area contributed by atoms with Crippen LogP contribution in [0, 0.1) is 6.42 Å². The van der Waals surface area contributed by atoms with Gasteiger partial charge in [-0.15, -0.1) is 6.58 Å². The highest BCUT2D eigenvalue weighted by Crippen LogP contribution is 2.15. The highest BCUT2D eigenvalue weighted by molar-refractivity contribution is 4.82. The van der Waals surface area contributed by atoms with Crippen LogP contribution in [-0.2, 0) is 0 Å². The third-order valence-electron chi connectivity index (χ3n) is 1.99. The first-order chi connectivity index (χ1) is 4.93. The van der Waals surface area contributed by atoms with Crippen LogP contribution in [0.2, 0.25) is 0 Å². The fourth-order valence-electron chi connectivity index (χ4n) is 1.38. The maximum Gasteiger partial charge on any atom is 0.0134 e. The SMILES string of the molecule is C=CCNC1CC[CH]CC1. The lowest BCUT2D eigenvalue weighted by molar-refractivity contribution is 0.431. The molecular weight excluding hydrogens is 122 g/mol. The Morgan fingerprint density at radius 1 is 1.50 bits per heavy atom. The van der Waals surface area contributed by atoms with Gasteiger partial charge in [0.2, 0.25) is 0 Å². The Bertz CT molecular complexity index is 92.9. The summed E-state index contributed by atoms with van der Waals surface area (Å²) in [5.41, 5.74) is 0. The van der Waals surface area contributed by atoms with E-state index in [2.05, 4.69) is 18.3 Å². The van der Waals surface area contributed by atoms with Gasteiger partial charge in [-0.3, -0.25) is 0 Å². The van der Waals surface area contributed by atoms with E-state index in [1.807, 2.05) is 6.08 Å². The van der Waals surface area contributed by atoms with E-state index in [4.69, 9.17) is 0 Å². The second-order valence-corrected chi connectivity index (χ2v) is 2.84. The quantitative estimate of drug-likeness (QED) is 0.587. The molecule has 1 saturated carbocycles. The van der Waals surface area contributed by atoms with E-state index in [1.54, 1.807) is 0 Å². The smallest absolute Gasteiger partial charge is 0.0134 e. The van der Waals surface area contributed by atoms with Gasteiger partial charge in [0.1, 0.15) is 0 Å². The molecule has 0 amide bonds. The van der Waals surface area contributed by atoms with Crippen molar-refractivity contribution in [2.24, 2.45) is 0 Å². The summed E-state index contributed by atoms with van der Waals surface area (Å²) in [6, 6.07) is 0.753. The molecule has 1 rings (SSSR count). The molecule has 0 bridgehead atoms. The lowest BCUT2D eigenvalue weighted by atomic mass is 9.96. The van der Waals surface area contributed by atoms with Crippen LogP contribution in [0.1, 0.15) is 25.7 Å². The van der Waals surface area contributed by atoms with Gasteiger partial charge in [-0.2, -0.15) is 0 Å². The van der Waals surface area contributed by atoms with Gasteiger partial charge in [-0.25, -0.2) is 0 Å². The van der Waals surface area contributed by atoms with Crippen LogP contribution in [0.5, 0.6) is 0 Å². The Morgan fingerprint density at radius 2 is 2.20 bits per heavy atom. The first kappa shape index (κ1) is 7.80. The van der Waals surface area contributed by atoms with Gasteiger partial charge in [-0.1, -0.05) is 6.08 Å². The van der Waals surface area contributed by atoms with Gasteiger partial charge in [0.05, 0.1) is 0 Å². The lowest BCUT2D eigenvalue weighted by Gasteiger charge is -2.21. The Balaban J connectivity index is 2.07. The van der Waals surface area contributed by atoms with E-state index in [1.165, 1.54) is 25.7 Å². The molecule has 0 aromatic heterocycles. The van der Waals surface area contributed by atoms with Crippen LogP contribution in [-0.4, -0.2) is 12.6 Å². The Kier molecular flexibility index (Phi) is 3.52. The summed E-state index contributed by atoms with van der Waals surface area (Å²) < 4.78 is 0. The number of hydrogen-bond acceptors (Lipinski definition) is 1. The van der Waals surface area contributed by atoms with E-state index in [9.17, 15) is 0 Å². The average Bonchev–Trinajstić information content (AvgIpc) is 2.03. The van der Waals surface area contributed by atoms with Crippen molar-refractivity contribution in [1.29, 1.82) is 0 Å². The van der Waals surface area contributed by atoms with E-state index < -0.39 is 0 Å². The standard InChI is InChI=1S/C9H16N/c1-2-8-10-9-6-4-3-5-7-9/h2-3,9-10H,1,4-8H2. The van der Waals surface area contributed by atoms with Gasteiger partial charge in [0.15, 0.2) is 0 Å². The highest BCUT2D eigenvalue weighted by Gasteiger charge is 2.10. The van der Waals surface area contributed by atoms with Crippen LogP contribution in [0.4, 0.5) is 0 Å². The summed E-state index contributed by atoms with van der Waals surface area (Å²) in [5.74, 6) is 0. The minimum absolute atomic E-state index is 0.753. The summed E-state index contributed by atoms with van der Waals surface area (Å²) in [4.78, 5) is 0. The predicted molar refractivity (Wildman–Crippen MR) is 44.8 cm³/mol. The normalized spacial score (nSPS) is 20.8. The van der Waals surface area contributed by atoms with Gasteiger partial charge in [0.25, 0.3) is 0 Å². The fourth-order valence-corrected chi connectivity index (χ4v) is 1.38. The molecule has 0 spiro atoms. The second kappa shape index (κ2) is 4.51. The third kappa shape index (κ3) is 2.53. The van der Waals surface area contributed by atoms with Crippen molar-refractivity contribution in [2.45, 2.75) is 31.7 Å². The summed E-state index contributed by atoms with van der Waals surface area (Å²) in [5, 5.41) is 3.43. The highest BCUT2D eigenvalue weighted by atomic mass is 14.9. The molecule has 1 heteroatoms. The van der Waals surface area contributed by atoms with Crippen LogP contribution in [0.25, 0.3) is 0 Å². The van der Waals surface area contributed by atoms with Gasteiger partial charge in [0, 0.05) is 12.6 Å². The number of rotatable bonds is 3. The summed E-state index contributed by atoms with van der Waals surface area (Å²) in [6.07, 6.45) is 9.51. The van der Waals surface area contributed by atoms with Crippen molar-refractivity contribution < 1.29 is 0 Å². The molecule has 1 nitrogen and oxygen atoms in total. The zero-order chi connectivity index (χ0) is 7.23. The zero-order valence-electron chi connectivity index (χ0n) is 6.47. The molecule has 0 heterocycles. The van der Waals surface area contributed by atoms with E-state index >= 15 is 0 Å². The molecule has 1 aliphatic rings. The van der Waals surface area contributed by atoms with E-state index in [0.29, 0.717) is 0 Å². The number of hydrogen-bond donors (Lipinski definition) is 1. The van der Waals surface area contributed by atoms with Crippen molar-refractivity contribution in [3.63, 3.8) is 0 Å². The molecule has 57 valence electrons. The molecule has 0 saturated heterocycles. The van der Waals surface area contributed by atoms with E-state index in [-0.39, 0.29) is 0 Å². The zero-order valence-corrected chi connectivity index (χ0v) is 6.47. The second-order valence-electron chi connectivity index (χ2n) is 2.84. The Morgan fingerprint density at radius 3 is 2.80 bits per heavy atom. The van der Waals surface area contributed by atoms with Crippen molar-refractivity contribution in [3.8, 4) is 0 Å². The van der Waals surface area contributed by atoms with Crippen molar-refractivity contribution in [3.05, 3.63) is 19.1 Å². The lowest BCUT2D eigenvalue weighted by Crippen LogP contribution is -2.30. The topological polar surface area (TPSA) is 12.0 Å². The maximum atomic E-state index is 3.67. The molecule has 1 fully saturated rings. The molecule has 0 aliphatic heterocycles. The van der Waals surface area contributed by atoms with Crippen LogP contribution >= 0.6 is 0 Å². The van der Waals surface area contributed by atoms with Gasteiger partial charge in [-0.05, 0) is 32.1 Å². The van der Waals surface area contributed by atoms with Gasteiger partial charge < -0.3 is 5.32 Å². The summed E-state index contributed by atoms with van der Waals surface area (Å²) >= 11 is 0. The van der Waals surface area contributed by atoms with Crippen molar-refractivity contribution in [1.82, 2.24) is 5.32 Å². The van der Waals surface area contributed by atoms with Crippen molar-refractivity contribution in [2.75, 3.05) is 6.54 Å². The molecule has 0 atom stereocenters. The Labute approximate surface area is 63.5 Å². The van der Waals surface area contributed by atoms with E-state index in [0.717, 1.165) is 12.6 Å². The molecule has 0 aromatic rings. The fraction of sp³-hybridized carbons (Fsp3) is 0.667. The monoisotopic (exact) mass is 138 g/mol. The molecule has 1 radical (unpaired) electrons. The van der Waals surface area contributed by atoms with Crippen molar-refractivity contribution >= 4 is 0 Å². The molecule has 1 N–H and O–H groups in total. The number of nitrogens with one attached hydrogen (secondary N) is 1. The minimum Gasteiger partial charge on any atom is -0.311 e. The largest absolute Gasteiger partial charge is 0.311 e. The summed E-state index contributed by atoms with van der Waals surface area (Å²) in [6.45, 7) is 4.64. The average molecular weight is 138 g/mol. The molecule has 1 aliphatic carbocycles. The first-order valence-corrected chi connectivity index (χ1v) is 4.09. The minimum atomic E-state index is 0.753. The van der Waals surface area contributed by atoms with Gasteiger partial charge >= 0.3 is 0 Å². The summed E-state index contributed by atoms with van der Waals surface area (Å²) in [7, 11) is 0. The molecule has 0 unspecified atom stereocenters. The molecule has 0 aromatic carbocycles. The molecular formula is C9H16N. The first-order valence-electron chi connectivity index (χ1n) is 4.09. The molecule has 10 heavy (non-hydrogen) atoms. The van der Waals surface area contributed by atoms with Crippen LogP contribution < -0.4 is 5.32 Å².